The van der Waals surface area contributed by atoms with Gasteiger partial charge in [-0.3, -0.25) is 0 Å². The summed E-state index contributed by atoms with van der Waals surface area (Å²) in [6, 6.07) is 3.96. The van der Waals surface area contributed by atoms with Crippen molar-refractivity contribution in [3.8, 4) is 11.5 Å². The Kier molecular flexibility index (Phi) is 2.48. The molecule has 3 rings (SSSR count). The minimum Gasteiger partial charge on any atom is -0.493 e. The van der Waals surface area contributed by atoms with Crippen LogP contribution in [0.2, 0.25) is 0 Å². The SMILES string of the molecule is COc1cc2c(cc1OC)C=C1NC=CN1C=C2. The van der Waals surface area contributed by atoms with Crippen LogP contribution in [0.1, 0.15) is 11.1 Å². The highest BCUT2D eigenvalue weighted by molar-refractivity contribution is 5.72. The van der Waals surface area contributed by atoms with E-state index >= 15 is 0 Å². The van der Waals surface area contributed by atoms with Crippen LogP contribution in [0.25, 0.3) is 12.2 Å². The minimum atomic E-state index is 0.737. The Bertz CT molecular complexity index is 573. The highest BCUT2D eigenvalue weighted by atomic mass is 16.5. The highest BCUT2D eigenvalue weighted by Crippen LogP contribution is 2.34. The summed E-state index contributed by atoms with van der Waals surface area (Å²) >= 11 is 0. The third-order valence-electron chi connectivity index (χ3n) is 3.04. The van der Waals surface area contributed by atoms with E-state index in [4.69, 9.17) is 9.47 Å². The van der Waals surface area contributed by atoms with Crippen molar-refractivity contribution in [1.29, 1.82) is 0 Å². The van der Waals surface area contributed by atoms with E-state index in [0.717, 1.165) is 28.4 Å². The quantitative estimate of drug-likeness (QED) is 0.863. The number of benzene rings is 1. The average Bonchev–Trinajstić information content (AvgIpc) is 2.77. The van der Waals surface area contributed by atoms with Crippen molar-refractivity contribution < 1.29 is 9.47 Å². The monoisotopic (exact) mass is 242 g/mol. The maximum absolute atomic E-state index is 5.33. The van der Waals surface area contributed by atoms with E-state index in [1.54, 1.807) is 14.2 Å². The zero-order valence-corrected chi connectivity index (χ0v) is 10.3. The molecule has 0 unspecified atom stereocenters. The maximum atomic E-state index is 5.33. The van der Waals surface area contributed by atoms with Gasteiger partial charge in [0.2, 0.25) is 0 Å². The van der Waals surface area contributed by atoms with Crippen molar-refractivity contribution in [2.75, 3.05) is 14.2 Å². The first-order valence-electron chi connectivity index (χ1n) is 5.69. The van der Waals surface area contributed by atoms with E-state index in [0.29, 0.717) is 0 Å². The van der Waals surface area contributed by atoms with Gasteiger partial charge >= 0.3 is 0 Å². The van der Waals surface area contributed by atoms with E-state index < -0.39 is 0 Å². The molecule has 2 aliphatic rings. The van der Waals surface area contributed by atoms with Crippen molar-refractivity contribution >= 4 is 12.2 Å². The summed E-state index contributed by atoms with van der Waals surface area (Å²) in [7, 11) is 3.29. The van der Waals surface area contributed by atoms with Crippen molar-refractivity contribution in [3.05, 3.63) is 47.7 Å². The molecule has 4 heteroatoms. The van der Waals surface area contributed by atoms with Gasteiger partial charge in [-0.15, -0.1) is 0 Å². The highest BCUT2D eigenvalue weighted by Gasteiger charge is 2.15. The summed E-state index contributed by atoms with van der Waals surface area (Å²) in [5, 5.41) is 3.19. The number of methoxy groups -OCH3 is 2. The van der Waals surface area contributed by atoms with Crippen LogP contribution in [0.4, 0.5) is 0 Å². The van der Waals surface area contributed by atoms with E-state index in [2.05, 4.69) is 17.5 Å². The minimum absolute atomic E-state index is 0.737. The predicted molar refractivity (Wildman–Crippen MR) is 70.7 cm³/mol. The first-order chi connectivity index (χ1) is 8.81. The summed E-state index contributed by atoms with van der Waals surface area (Å²) in [6.07, 6.45) is 10.0. The fourth-order valence-corrected chi connectivity index (χ4v) is 2.09. The lowest BCUT2D eigenvalue weighted by Gasteiger charge is -2.11. The Hall–Kier alpha value is -2.36. The van der Waals surface area contributed by atoms with Gasteiger partial charge in [0.25, 0.3) is 0 Å². The lowest BCUT2D eigenvalue weighted by atomic mass is 10.1. The van der Waals surface area contributed by atoms with E-state index in [-0.39, 0.29) is 0 Å². The average molecular weight is 242 g/mol. The van der Waals surface area contributed by atoms with Crippen LogP contribution in [0.15, 0.2) is 36.6 Å². The number of nitrogens with one attached hydrogen (secondary N) is 1. The number of fused-ring (bicyclic) bond motifs is 2. The third-order valence-corrected chi connectivity index (χ3v) is 3.04. The maximum Gasteiger partial charge on any atom is 0.161 e. The van der Waals surface area contributed by atoms with Gasteiger partial charge in [0.05, 0.1) is 14.2 Å². The lowest BCUT2D eigenvalue weighted by molar-refractivity contribution is 0.355. The van der Waals surface area contributed by atoms with Gasteiger partial charge in [-0.05, 0) is 35.4 Å². The molecule has 0 saturated heterocycles. The molecule has 0 atom stereocenters. The van der Waals surface area contributed by atoms with Crippen LogP contribution < -0.4 is 14.8 Å². The first-order valence-corrected chi connectivity index (χ1v) is 5.69. The van der Waals surface area contributed by atoms with Gasteiger partial charge < -0.3 is 19.7 Å². The Morgan fingerprint density at radius 1 is 1.00 bits per heavy atom. The van der Waals surface area contributed by atoms with Crippen molar-refractivity contribution in [1.82, 2.24) is 10.2 Å². The molecule has 92 valence electrons. The van der Waals surface area contributed by atoms with Gasteiger partial charge in [-0.2, -0.15) is 0 Å². The van der Waals surface area contributed by atoms with Crippen LogP contribution in [0.5, 0.6) is 11.5 Å². The Morgan fingerprint density at radius 2 is 1.72 bits per heavy atom. The van der Waals surface area contributed by atoms with Crippen molar-refractivity contribution in [2.24, 2.45) is 0 Å². The van der Waals surface area contributed by atoms with Crippen LogP contribution in [0, 0.1) is 0 Å². The molecule has 0 aliphatic carbocycles. The van der Waals surface area contributed by atoms with Gasteiger partial charge in [0.15, 0.2) is 11.5 Å². The molecule has 0 bridgehead atoms. The van der Waals surface area contributed by atoms with Gasteiger partial charge in [0.1, 0.15) is 5.82 Å². The number of hydrogen-bond acceptors (Lipinski definition) is 4. The van der Waals surface area contributed by atoms with Gasteiger partial charge in [-0.25, -0.2) is 0 Å². The molecule has 0 amide bonds. The summed E-state index contributed by atoms with van der Waals surface area (Å²) in [6.45, 7) is 0. The Morgan fingerprint density at radius 3 is 2.44 bits per heavy atom. The smallest absolute Gasteiger partial charge is 0.161 e. The van der Waals surface area contributed by atoms with E-state index in [1.165, 1.54) is 0 Å². The third kappa shape index (κ3) is 1.62. The number of hydrogen-bond donors (Lipinski definition) is 1. The Labute approximate surface area is 106 Å². The van der Waals surface area contributed by atoms with Crippen LogP contribution in [-0.2, 0) is 0 Å². The molecule has 0 spiro atoms. The largest absolute Gasteiger partial charge is 0.493 e. The fraction of sp³-hybridized carbons (Fsp3) is 0.143. The van der Waals surface area contributed by atoms with E-state index in [1.807, 2.05) is 35.6 Å². The summed E-state index contributed by atoms with van der Waals surface area (Å²) in [4.78, 5) is 2.03. The Balaban J connectivity index is 2.13. The summed E-state index contributed by atoms with van der Waals surface area (Å²) in [5.41, 5.74) is 2.20. The molecule has 0 aromatic heterocycles. The molecule has 4 nitrogen and oxygen atoms in total. The second-order valence-electron chi connectivity index (χ2n) is 4.05. The normalized spacial score (nSPS) is 15.4. The topological polar surface area (TPSA) is 33.7 Å². The molecule has 2 heterocycles. The van der Waals surface area contributed by atoms with Gasteiger partial charge in [-0.1, -0.05) is 0 Å². The van der Waals surface area contributed by atoms with Crippen molar-refractivity contribution in [2.45, 2.75) is 0 Å². The fourth-order valence-electron chi connectivity index (χ4n) is 2.09. The molecule has 0 saturated carbocycles. The zero-order chi connectivity index (χ0) is 12.5. The van der Waals surface area contributed by atoms with Crippen LogP contribution in [-0.4, -0.2) is 19.1 Å². The molecule has 1 aromatic carbocycles. The molecule has 0 fully saturated rings. The summed E-state index contributed by atoms with van der Waals surface area (Å²) in [5.74, 6) is 2.50. The molecule has 0 radical (unpaired) electrons. The molecular formula is C14H14N2O2. The number of rotatable bonds is 2. The number of ether oxygens (including phenoxy) is 2. The lowest BCUT2D eigenvalue weighted by Crippen LogP contribution is -2.10. The number of nitrogens with zero attached hydrogens (tertiary/aromatic N) is 1. The molecular weight excluding hydrogens is 228 g/mol. The van der Waals surface area contributed by atoms with Gasteiger partial charge in [0, 0.05) is 18.6 Å². The zero-order valence-electron chi connectivity index (χ0n) is 10.3. The standard InChI is InChI=1S/C14H14N2O2/c1-17-12-7-10-3-5-16-6-4-15-14(16)9-11(10)8-13(12)18-2/h3-9,15H,1-2H3. The van der Waals surface area contributed by atoms with Crippen molar-refractivity contribution in [3.63, 3.8) is 0 Å². The molecule has 1 aromatic rings. The first kappa shape index (κ1) is 10.8. The molecule has 18 heavy (non-hydrogen) atoms. The molecule has 2 aliphatic heterocycles. The second-order valence-corrected chi connectivity index (χ2v) is 4.05. The van der Waals surface area contributed by atoms with E-state index in [9.17, 15) is 0 Å². The van der Waals surface area contributed by atoms with Crippen LogP contribution in [0.3, 0.4) is 0 Å². The van der Waals surface area contributed by atoms with Crippen LogP contribution >= 0.6 is 0 Å². The second kappa shape index (κ2) is 4.14. The predicted octanol–water partition coefficient (Wildman–Crippen LogP) is 2.36. The summed E-state index contributed by atoms with van der Waals surface area (Å²) < 4.78 is 10.6. The molecule has 1 N–H and O–H groups in total.